The third-order valence-electron chi connectivity index (χ3n) is 5.38. The molecule has 0 aliphatic carbocycles. The van der Waals surface area contributed by atoms with Crippen LogP contribution in [0.5, 0.6) is 0 Å². The highest BCUT2D eigenvalue weighted by Crippen LogP contribution is 2.20. The largest absolute Gasteiger partial charge is 0.352 e. The van der Waals surface area contributed by atoms with Gasteiger partial charge in [0.05, 0.1) is 5.75 Å². The second-order valence-corrected chi connectivity index (χ2v) is 11.0. The number of nitrogens with zero attached hydrogens (tertiary/aromatic N) is 1. The Morgan fingerprint density at radius 1 is 0.914 bits per heavy atom. The summed E-state index contributed by atoms with van der Waals surface area (Å²) in [6, 6.07) is 24.7. The van der Waals surface area contributed by atoms with Gasteiger partial charge in [0.15, 0.2) is 0 Å². The van der Waals surface area contributed by atoms with E-state index in [-0.39, 0.29) is 23.6 Å². The lowest BCUT2D eigenvalue weighted by Gasteiger charge is -2.32. The molecule has 2 amide bonds. The molecule has 184 valence electrons. The summed E-state index contributed by atoms with van der Waals surface area (Å²) < 4.78 is 0.969. The molecule has 3 aromatic carbocycles. The molecular weight excluding hydrogens is 544 g/mol. The lowest BCUT2D eigenvalue weighted by atomic mass is 10.0. The average molecular weight is 574 g/mol. The van der Waals surface area contributed by atoms with Crippen molar-refractivity contribution in [1.29, 1.82) is 0 Å². The van der Waals surface area contributed by atoms with Crippen molar-refractivity contribution in [3.63, 3.8) is 0 Å². The van der Waals surface area contributed by atoms with Crippen LogP contribution in [-0.4, -0.2) is 34.6 Å². The van der Waals surface area contributed by atoms with E-state index in [1.165, 1.54) is 11.8 Å². The van der Waals surface area contributed by atoms with Crippen LogP contribution in [0, 0.1) is 0 Å². The number of hydrogen-bond acceptors (Lipinski definition) is 3. The van der Waals surface area contributed by atoms with Crippen LogP contribution in [0.2, 0.25) is 5.02 Å². The lowest BCUT2D eigenvalue weighted by molar-refractivity contribution is -0.139. The van der Waals surface area contributed by atoms with Gasteiger partial charge in [-0.15, -0.1) is 11.8 Å². The summed E-state index contributed by atoms with van der Waals surface area (Å²) in [6.07, 6.45) is 0.448. The maximum Gasteiger partial charge on any atom is 0.243 e. The highest BCUT2D eigenvalue weighted by atomic mass is 79.9. The molecule has 3 aromatic rings. The second-order valence-electron chi connectivity index (χ2n) is 8.64. The monoisotopic (exact) mass is 572 g/mol. The fourth-order valence-electron chi connectivity index (χ4n) is 3.64. The van der Waals surface area contributed by atoms with Gasteiger partial charge in [-0.25, -0.2) is 0 Å². The summed E-state index contributed by atoms with van der Waals surface area (Å²) in [6.45, 7) is 4.22. The molecule has 0 aliphatic heterocycles. The summed E-state index contributed by atoms with van der Waals surface area (Å²) in [5, 5.41) is 3.71. The normalized spacial score (nSPS) is 11.8. The van der Waals surface area contributed by atoms with Gasteiger partial charge in [0.1, 0.15) is 6.04 Å². The van der Waals surface area contributed by atoms with Crippen molar-refractivity contribution in [2.45, 2.75) is 44.6 Å². The van der Waals surface area contributed by atoms with Crippen LogP contribution in [0.25, 0.3) is 0 Å². The number of amides is 2. The van der Waals surface area contributed by atoms with Crippen LogP contribution in [-0.2, 0) is 28.3 Å². The van der Waals surface area contributed by atoms with E-state index in [0.717, 1.165) is 21.2 Å². The third kappa shape index (κ3) is 9.02. The van der Waals surface area contributed by atoms with E-state index < -0.39 is 6.04 Å². The van der Waals surface area contributed by atoms with Gasteiger partial charge in [0.2, 0.25) is 11.8 Å². The summed E-state index contributed by atoms with van der Waals surface area (Å²) in [5.74, 6) is 0.763. The number of thioether (sulfide) groups is 1. The topological polar surface area (TPSA) is 49.4 Å². The highest BCUT2D eigenvalue weighted by Gasteiger charge is 2.30. The zero-order valence-corrected chi connectivity index (χ0v) is 23.1. The molecule has 0 aromatic heterocycles. The molecule has 35 heavy (non-hydrogen) atoms. The van der Waals surface area contributed by atoms with E-state index in [4.69, 9.17) is 11.6 Å². The van der Waals surface area contributed by atoms with Crippen molar-refractivity contribution >= 4 is 51.1 Å². The minimum Gasteiger partial charge on any atom is -0.352 e. The van der Waals surface area contributed by atoms with Gasteiger partial charge in [-0.3, -0.25) is 9.59 Å². The molecule has 3 rings (SSSR count). The number of benzene rings is 3. The number of carbonyl (C=O) groups excluding carboxylic acids is 2. The molecule has 0 unspecified atom stereocenters. The maximum atomic E-state index is 13.6. The van der Waals surface area contributed by atoms with Gasteiger partial charge < -0.3 is 10.2 Å². The molecule has 0 aliphatic rings. The average Bonchev–Trinajstić information content (AvgIpc) is 2.84. The van der Waals surface area contributed by atoms with E-state index in [0.29, 0.717) is 23.7 Å². The molecule has 1 N–H and O–H groups in total. The number of rotatable bonds is 11. The Morgan fingerprint density at radius 3 is 2.17 bits per heavy atom. The number of hydrogen-bond donors (Lipinski definition) is 1. The highest BCUT2D eigenvalue weighted by molar-refractivity contribution is 9.10. The van der Waals surface area contributed by atoms with Gasteiger partial charge in [-0.05, 0) is 54.8 Å². The van der Waals surface area contributed by atoms with Crippen molar-refractivity contribution in [3.05, 3.63) is 105 Å². The van der Waals surface area contributed by atoms with Crippen LogP contribution in [0.3, 0.4) is 0 Å². The summed E-state index contributed by atoms with van der Waals surface area (Å²) >= 11 is 11.0. The fourth-order valence-corrected chi connectivity index (χ4v) is 4.90. The summed E-state index contributed by atoms with van der Waals surface area (Å²) in [5.41, 5.74) is 3.09. The van der Waals surface area contributed by atoms with Crippen LogP contribution in [0.1, 0.15) is 30.5 Å². The molecule has 4 nitrogen and oxygen atoms in total. The molecule has 0 fully saturated rings. The van der Waals surface area contributed by atoms with Crippen LogP contribution < -0.4 is 5.32 Å². The Morgan fingerprint density at radius 2 is 1.54 bits per heavy atom. The molecule has 0 bridgehead atoms. The molecular formula is C28H30BrClN2O2S. The fraction of sp³-hybridized carbons (Fsp3) is 0.286. The number of halogens is 2. The van der Waals surface area contributed by atoms with E-state index in [2.05, 4.69) is 21.2 Å². The SMILES string of the molecule is CC(C)NC(=O)[C@H](Cc1ccccc1)N(Cc1ccc(Br)cc1)C(=O)CSCc1ccc(Cl)cc1. The first-order chi connectivity index (χ1) is 16.8. The first kappa shape index (κ1) is 27.3. The minimum atomic E-state index is -0.618. The predicted molar refractivity (Wildman–Crippen MR) is 150 cm³/mol. The summed E-state index contributed by atoms with van der Waals surface area (Å²) in [7, 11) is 0. The Hall–Kier alpha value is -2.28. The first-order valence-electron chi connectivity index (χ1n) is 11.5. The standard InChI is InChI=1S/C28H30BrClN2O2S/c1-20(2)31-28(34)26(16-21-6-4-3-5-7-21)32(17-22-8-12-24(29)13-9-22)27(33)19-35-18-23-10-14-25(30)15-11-23/h3-15,20,26H,16-19H2,1-2H3,(H,31,34)/t26-/m0/s1. The Bertz CT molecular complexity index is 1090. The summed E-state index contributed by atoms with van der Waals surface area (Å²) in [4.78, 5) is 28.6. The smallest absolute Gasteiger partial charge is 0.243 e. The van der Waals surface area contributed by atoms with Crippen molar-refractivity contribution in [3.8, 4) is 0 Å². The van der Waals surface area contributed by atoms with E-state index in [9.17, 15) is 9.59 Å². The Labute approximate surface area is 225 Å². The van der Waals surface area contributed by atoms with Gasteiger partial charge in [-0.2, -0.15) is 0 Å². The second kappa shape index (κ2) is 13.7. The molecule has 0 saturated heterocycles. The van der Waals surface area contributed by atoms with Crippen molar-refractivity contribution in [2.24, 2.45) is 0 Å². The van der Waals surface area contributed by atoms with Crippen LogP contribution >= 0.6 is 39.3 Å². The molecule has 0 radical (unpaired) electrons. The minimum absolute atomic E-state index is 0.0234. The van der Waals surface area contributed by atoms with Gasteiger partial charge in [-0.1, -0.05) is 82.1 Å². The lowest BCUT2D eigenvalue weighted by Crippen LogP contribution is -2.52. The molecule has 1 atom stereocenters. The molecule has 0 saturated carbocycles. The zero-order chi connectivity index (χ0) is 25.2. The molecule has 7 heteroatoms. The van der Waals surface area contributed by atoms with Crippen molar-refractivity contribution in [2.75, 3.05) is 5.75 Å². The predicted octanol–water partition coefficient (Wildman–Crippen LogP) is 6.50. The van der Waals surface area contributed by atoms with Gasteiger partial charge in [0, 0.05) is 34.3 Å². The van der Waals surface area contributed by atoms with E-state index >= 15 is 0 Å². The maximum absolute atomic E-state index is 13.6. The zero-order valence-electron chi connectivity index (χ0n) is 19.9. The van der Waals surface area contributed by atoms with Crippen LogP contribution in [0.4, 0.5) is 0 Å². The number of nitrogens with one attached hydrogen (secondary N) is 1. The van der Waals surface area contributed by atoms with Gasteiger partial charge >= 0.3 is 0 Å². The van der Waals surface area contributed by atoms with Crippen molar-refractivity contribution in [1.82, 2.24) is 10.2 Å². The first-order valence-corrected chi connectivity index (χ1v) is 13.8. The van der Waals surface area contributed by atoms with E-state index in [1.807, 2.05) is 92.7 Å². The Kier molecular flexibility index (Phi) is 10.7. The number of carbonyl (C=O) groups is 2. The van der Waals surface area contributed by atoms with Gasteiger partial charge in [0.25, 0.3) is 0 Å². The third-order valence-corrected chi connectivity index (χ3v) is 7.14. The Balaban J connectivity index is 1.83. The molecule has 0 heterocycles. The van der Waals surface area contributed by atoms with Crippen molar-refractivity contribution < 1.29 is 9.59 Å². The molecule has 0 spiro atoms. The quantitative estimate of drug-likeness (QED) is 0.285. The van der Waals surface area contributed by atoms with E-state index in [1.54, 1.807) is 4.90 Å². The van der Waals surface area contributed by atoms with Crippen LogP contribution in [0.15, 0.2) is 83.3 Å².